The minimum Gasteiger partial charge on any atom is -0.346 e. The number of benzene rings is 3. The molecule has 3 aromatic carbocycles. The molecule has 1 atom stereocenters. The zero-order valence-corrected chi connectivity index (χ0v) is 27.5. The standard InChI is InChI=1S/C38H50N4OS/c1-3-4-5-6-7-8-9-10-11-12-19-24-36(43)39-35(29-32-20-15-13-16-21-32)37-40-41-38(44-30-33-22-17-14-18-23-33)42(37)34-27-25-31(2)26-28-34/h13-18,20-23,25-28,35H,3-12,19,24,29-30H2,1-2H3,(H,39,43). The summed E-state index contributed by atoms with van der Waals surface area (Å²) in [6.07, 6.45) is 15.2. The molecule has 0 bridgehead atoms. The molecule has 1 N–H and O–H groups in total. The summed E-state index contributed by atoms with van der Waals surface area (Å²) < 4.78 is 2.13. The van der Waals surface area contributed by atoms with Gasteiger partial charge in [-0.2, -0.15) is 0 Å². The maximum atomic E-state index is 13.3. The molecule has 6 heteroatoms. The summed E-state index contributed by atoms with van der Waals surface area (Å²) in [5.74, 6) is 1.64. The van der Waals surface area contributed by atoms with Crippen molar-refractivity contribution in [2.45, 2.75) is 114 Å². The van der Waals surface area contributed by atoms with E-state index in [4.69, 9.17) is 5.10 Å². The highest BCUT2D eigenvalue weighted by Gasteiger charge is 2.25. The van der Waals surface area contributed by atoms with E-state index in [-0.39, 0.29) is 11.9 Å². The van der Waals surface area contributed by atoms with Crippen LogP contribution < -0.4 is 5.32 Å². The van der Waals surface area contributed by atoms with E-state index in [2.05, 4.69) is 89.5 Å². The molecule has 1 amide bonds. The first-order valence-electron chi connectivity index (χ1n) is 16.7. The lowest BCUT2D eigenvalue weighted by Crippen LogP contribution is -2.31. The van der Waals surface area contributed by atoms with E-state index in [0.29, 0.717) is 12.8 Å². The Labute approximate surface area is 269 Å². The lowest BCUT2D eigenvalue weighted by atomic mass is 10.0. The van der Waals surface area contributed by atoms with Crippen molar-refractivity contribution >= 4 is 17.7 Å². The summed E-state index contributed by atoms with van der Waals surface area (Å²) >= 11 is 1.67. The molecular formula is C38H50N4OS. The Bertz CT molecular complexity index is 1350. The third-order valence-corrected chi connectivity index (χ3v) is 9.10. The molecule has 4 rings (SSSR count). The summed E-state index contributed by atoms with van der Waals surface area (Å²) in [5.41, 5.74) is 4.59. The smallest absolute Gasteiger partial charge is 0.220 e. The van der Waals surface area contributed by atoms with Crippen LogP contribution in [0.4, 0.5) is 0 Å². The van der Waals surface area contributed by atoms with Gasteiger partial charge in [0.15, 0.2) is 11.0 Å². The van der Waals surface area contributed by atoms with Gasteiger partial charge in [-0.25, -0.2) is 0 Å². The summed E-state index contributed by atoms with van der Waals surface area (Å²) in [6.45, 7) is 4.36. The molecule has 0 aliphatic carbocycles. The normalized spacial score (nSPS) is 11.9. The highest BCUT2D eigenvalue weighted by Crippen LogP contribution is 2.29. The molecule has 0 fully saturated rings. The molecule has 1 unspecified atom stereocenters. The monoisotopic (exact) mass is 610 g/mol. The van der Waals surface area contributed by atoms with Crippen LogP contribution in [0.15, 0.2) is 90.1 Å². The maximum absolute atomic E-state index is 13.3. The highest BCUT2D eigenvalue weighted by molar-refractivity contribution is 7.98. The molecule has 0 radical (unpaired) electrons. The second-order valence-electron chi connectivity index (χ2n) is 11.9. The van der Waals surface area contributed by atoms with Crippen molar-refractivity contribution in [2.75, 3.05) is 0 Å². The molecule has 0 saturated carbocycles. The molecule has 5 nitrogen and oxygen atoms in total. The van der Waals surface area contributed by atoms with Gasteiger partial charge in [-0.1, -0.05) is 161 Å². The lowest BCUT2D eigenvalue weighted by molar-refractivity contribution is -0.122. The number of carbonyl (C=O) groups excluding carboxylic acids is 1. The van der Waals surface area contributed by atoms with Gasteiger partial charge in [-0.3, -0.25) is 9.36 Å². The van der Waals surface area contributed by atoms with Crippen LogP contribution in [0.1, 0.15) is 113 Å². The van der Waals surface area contributed by atoms with Crippen molar-refractivity contribution in [1.29, 1.82) is 0 Å². The third-order valence-electron chi connectivity index (χ3n) is 8.10. The first-order chi connectivity index (χ1) is 21.6. The van der Waals surface area contributed by atoms with Crippen molar-refractivity contribution in [3.63, 3.8) is 0 Å². The number of unbranched alkanes of at least 4 members (excludes halogenated alkanes) is 10. The Morgan fingerprint density at radius 3 is 1.91 bits per heavy atom. The lowest BCUT2D eigenvalue weighted by Gasteiger charge is -2.20. The van der Waals surface area contributed by atoms with Crippen LogP contribution in [0.3, 0.4) is 0 Å². The summed E-state index contributed by atoms with van der Waals surface area (Å²) in [7, 11) is 0. The van der Waals surface area contributed by atoms with Crippen molar-refractivity contribution < 1.29 is 4.79 Å². The van der Waals surface area contributed by atoms with E-state index in [0.717, 1.165) is 40.8 Å². The van der Waals surface area contributed by atoms with Crippen LogP contribution in [0.25, 0.3) is 5.69 Å². The molecule has 0 spiro atoms. The predicted molar refractivity (Wildman–Crippen MR) is 184 cm³/mol. The topological polar surface area (TPSA) is 59.8 Å². The van der Waals surface area contributed by atoms with Crippen LogP contribution in [-0.2, 0) is 17.0 Å². The molecular weight excluding hydrogens is 561 g/mol. The minimum atomic E-state index is -0.294. The van der Waals surface area contributed by atoms with Gasteiger partial charge in [0.05, 0.1) is 6.04 Å². The zero-order valence-electron chi connectivity index (χ0n) is 26.7. The van der Waals surface area contributed by atoms with Crippen molar-refractivity contribution in [1.82, 2.24) is 20.1 Å². The van der Waals surface area contributed by atoms with Gasteiger partial charge in [0, 0.05) is 17.9 Å². The van der Waals surface area contributed by atoms with Crippen molar-refractivity contribution in [3.8, 4) is 5.69 Å². The summed E-state index contributed by atoms with van der Waals surface area (Å²) in [6, 6.07) is 28.9. The molecule has 4 aromatic rings. The molecule has 44 heavy (non-hydrogen) atoms. The number of rotatable bonds is 20. The molecule has 1 aromatic heterocycles. The fourth-order valence-corrected chi connectivity index (χ4v) is 6.45. The zero-order chi connectivity index (χ0) is 30.8. The fraction of sp³-hybridized carbons (Fsp3) is 0.447. The minimum absolute atomic E-state index is 0.0822. The van der Waals surface area contributed by atoms with Gasteiger partial charge in [-0.05, 0) is 43.0 Å². The Hall–Kier alpha value is -3.38. The average molecular weight is 611 g/mol. The predicted octanol–water partition coefficient (Wildman–Crippen LogP) is 9.97. The number of nitrogens with zero attached hydrogens (tertiary/aromatic N) is 3. The molecule has 0 aliphatic rings. The number of hydrogen-bond acceptors (Lipinski definition) is 4. The second-order valence-corrected chi connectivity index (χ2v) is 12.8. The van der Waals surface area contributed by atoms with Gasteiger partial charge in [0.2, 0.25) is 5.91 Å². The summed E-state index contributed by atoms with van der Waals surface area (Å²) in [4.78, 5) is 13.3. The van der Waals surface area contributed by atoms with E-state index in [1.165, 1.54) is 68.9 Å². The Morgan fingerprint density at radius 2 is 1.30 bits per heavy atom. The van der Waals surface area contributed by atoms with Crippen molar-refractivity contribution in [2.24, 2.45) is 0 Å². The van der Waals surface area contributed by atoms with Crippen molar-refractivity contribution in [3.05, 3.63) is 107 Å². The Morgan fingerprint density at radius 1 is 0.727 bits per heavy atom. The highest BCUT2D eigenvalue weighted by atomic mass is 32.2. The SMILES string of the molecule is CCCCCCCCCCCCCC(=O)NC(Cc1ccccc1)c1nnc(SCc2ccccc2)n1-c1ccc(C)cc1. The van der Waals surface area contributed by atoms with Gasteiger partial charge in [0.1, 0.15) is 0 Å². The average Bonchev–Trinajstić information content (AvgIpc) is 3.47. The van der Waals surface area contributed by atoms with E-state index in [1.54, 1.807) is 11.8 Å². The van der Waals surface area contributed by atoms with Gasteiger partial charge >= 0.3 is 0 Å². The number of nitrogens with one attached hydrogen (secondary N) is 1. The quantitative estimate of drug-likeness (QED) is 0.0799. The van der Waals surface area contributed by atoms with Crippen LogP contribution in [0.5, 0.6) is 0 Å². The van der Waals surface area contributed by atoms with Crippen LogP contribution >= 0.6 is 11.8 Å². The third kappa shape index (κ3) is 11.3. The van der Waals surface area contributed by atoms with Gasteiger partial charge in [0.25, 0.3) is 0 Å². The Balaban J connectivity index is 1.42. The van der Waals surface area contributed by atoms with E-state index < -0.39 is 0 Å². The number of carbonyl (C=O) groups is 1. The maximum Gasteiger partial charge on any atom is 0.220 e. The number of aryl methyl sites for hydroxylation is 1. The van der Waals surface area contributed by atoms with Crippen LogP contribution in [-0.4, -0.2) is 20.7 Å². The number of hydrogen-bond donors (Lipinski definition) is 1. The first-order valence-corrected chi connectivity index (χ1v) is 17.6. The van der Waals surface area contributed by atoms with E-state index in [9.17, 15) is 4.79 Å². The molecule has 1 heterocycles. The first kappa shape index (κ1) is 33.5. The van der Waals surface area contributed by atoms with Gasteiger partial charge in [-0.15, -0.1) is 10.2 Å². The number of aromatic nitrogens is 3. The van der Waals surface area contributed by atoms with Crippen LogP contribution in [0, 0.1) is 6.92 Å². The largest absolute Gasteiger partial charge is 0.346 e. The Kier molecular flexibility index (Phi) is 14.5. The number of amides is 1. The van der Waals surface area contributed by atoms with E-state index >= 15 is 0 Å². The number of thioether (sulfide) groups is 1. The van der Waals surface area contributed by atoms with Gasteiger partial charge < -0.3 is 5.32 Å². The molecule has 234 valence electrons. The molecule has 0 saturated heterocycles. The molecule has 0 aliphatic heterocycles. The summed E-state index contributed by atoms with van der Waals surface area (Å²) in [5, 5.41) is 13.6. The fourth-order valence-electron chi connectivity index (χ4n) is 5.53. The second kappa shape index (κ2) is 19.1. The van der Waals surface area contributed by atoms with Crippen LogP contribution in [0.2, 0.25) is 0 Å². The van der Waals surface area contributed by atoms with E-state index in [1.807, 2.05) is 24.3 Å².